The maximum absolute atomic E-state index is 10.8. The third-order valence-electron chi connectivity index (χ3n) is 0.308. The highest BCUT2D eigenvalue weighted by atomic mass is 19.4. The summed E-state index contributed by atoms with van der Waals surface area (Å²) in [6.07, 6.45) is -4.45. The maximum Gasteiger partial charge on any atom is 0.521 e. The molecule has 0 aliphatic heterocycles. The molecule has 42 valence electrons. The lowest BCUT2D eigenvalue weighted by molar-refractivity contribution is -0.316. The van der Waals surface area contributed by atoms with Crippen LogP contribution in [-0.4, -0.2) is 20.7 Å². The molecule has 0 amide bonds. The second kappa shape index (κ2) is 2.21. The van der Waals surface area contributed by atoms with Crippen LogP contribution in [0.5, 0.6) is 0 Å². The van der Waals surface area contributed by atoms with Gasteiger partial charge in [0.15, 0.2) is 0 Å². The van der Waals surface area contributed by atoms with E-state index in [1.165, 1.54) is 7.85 Å². The Kier molecular flexibility index (Phi) is 2.15. The molecule has 0 aromatic heterocycles. The van der Waals surface area contributed by atoms with Crippen LogP contribution in [0, 0.1) is 0 Å². The highest BCUT2D eigenvalue weighted by Crippen LogP contribution is 2.14. The summed E-state index contributed by atoms with van der Waals surface area (Å²) in [6.45, 7) is -0.316. The van der Waals surface area contributed by atoms with Crippen molar-refractivity contribution in [2.75, 3.05) is 6.51 Å². The number of hydrogen-bond acceptors (Lipinski definition) is 1. The summed E-state index contributed by atoms with van der Waals surface area (Å²) in [4.78, 5) is 0. The Balaban J connectivity index is 3.15. The highest BCUT2D eigenvalue weighted by molar-refractivity contribution is 6.08. The Labute approximate surface area is 39.9 Å². The van der Waals surface area contributed by atoms with Crippen molar-refractivity contribution < 1.29 is 17.9 Å². The number of ether oxygens (including phenoxy) is 1. The maximum atomic E-state index is 10.8. The minimum absolute atomic E-state index is 0.316. The van der Waals surface area contributed by atoms with Gasteiger partial charge >= 0.3 is 6.36 Å². The zero-order valence-electron chi connectivity index (χ0n) is 3.75. The van der Waals surface area contributed by atoms with E-state index in [9.17, 15) is 13.2 Å². The first-order chi connectivity index (χ1) is 3.06. The summed E-state index contributed by atoms with van der Waals surface area (Å²) in [5, 5.41) is 0. The standard InChI is InChI=1S/C2H4BF3O/c3-1-7-2(4,5)6/h1,3H2. The molecule has 0 aromatic carbocycles. The molecular weight excluding hydrogens is 108 g/mol. The average Bonchev–Trinajstić information content (AvgIpc) is 1.30. The van der Waals surface area contributed by atoms with Crippen LogP contribution in [0.15, 0.2) is 0 Å². The lowest BCUT2D eigenvalue weighted by Gasteiger charge is -2.01. The minimum Gasteiger partial charge on any atom is -0.301 e. The molecule has 0 bridgehead atoms. The molecule has 0 aliphatic rings. The lowest BCUT2D eigenvalue weighted by atomic mass is 10.2. The summed E-state index contributed by atoms with van der Waals surface area (Å²) >= 11 is 0. The zero-order valence-corrected chi connectivity index (χ0v) is 3.75. The summed E-state index contributed by atoms with van der Waals surface area (Å²) in [6, 6.07) is 0. The third-order valence-corrected chi connectivity index (χ3v) is 0.308. The second-order valence-electron chi connectivity index (χ2n) is 0.879. The Morgan fingerprint density at radius 2 is 1.86 bits per heavy atom. The van der Waals surface area contributed by atoms with E-state index >= 15 is 0 Å². The van der Waals surface area contributed by atoms with Crippen molar-refractivity contribution in [3.05, 3.63) is 0 Å². The zero-order chi connectivity index (χ0) is 5.91. The summed E-state index contributed by atoms with van der Waals surface area (Å²) < 4.78 is 35.7. The molecule has 0 heterocycles. The fraction of sp³-hybridized carbons (Fsp3) is 1.00. The molecule has 0 saturated heterocycles. The van der Waals surface area contributed by atoms with Gasteiger partial charge in [-0.3, -0.25) is 0 Å². The van der Waals surface area contributed by atoms with Crippen molar-refractivity contribution >= 4 is 7.85 Å². The Bertz CT molecular complexity index is 51.4. The molecule has 1 nitrogen and oxygen atoms in total. The molecule has 0 saturated carbocycles. The fourth-order valence-electron chi connectivity index (χ4n) is 0.164. The predicted octanol–water partition coefficient (Wildman–Crippen LogP) is 0.113. The first-order valence-corrected chi connectivity index (χ1v) is 1.77. The van der Waals surface area contributed by atoms with Gasteiger partial charge in [-0.1, -0.05) is 0 Å². The van der Waals surface area contributed by atoms with E-state index in [2.05, 4.69) is 4.74 Å². The van der Waals surface area contributed by atoms with Crippen LogP contribution >= 0.6 is 0 Å². The molecule has 7 heavy (non-hydrogen) atoms. The van der Waals surface area contributed by atoms with Crippen molar-refractivity contribution in [2.45, 2.75) is 6.36 Å². The van der Waals surface area contributed by atoms with Crippen LogP contribution in [0.2, 0.25) is 0 Å². The summed E-state index contributed by atoms with van der Waals surface area (Å²) in [5.41, 5.74) is 0. The monoisotopic (exact) mass is 112 g/mol. The normalized spacial score (nSPS) is 11.9. The van der Waals surface area contributed by atoms with E-state index in [1.54, 1.807) is 0 Å². The molecular formula is C2H4BF3O. The molecule has 0 unspecified atom stereocenters. The predicted molar refractivity (Wildman–Crippen MR) is 20.6 cm³/mol. The van der Waals surface area contributed by atoms with Gasteiger partial charge < -0.3 is 4.74 Å². The SMILES string of the molecule is BCOC(F)(F)F. The van der Waals surface area contributed by atoms with Crippen LogP contribution in [-0.2, 0) is 4.74 Å². The first-order valence-electron chi connectivity index (χ1n) is 1.77. The van der Waals surface area contributed by atoms with Gasteiger partial charge in [0.1, 0.15) is 7.85 Å². The van der Waals surface area contributed by atoms with Gasteiger partial charge in [-0.15, -0.1) is 13.2 Å². The highest BCUT2D eigenvalue weighted by Gasteiger charge is 2.27. The molecule has 0 radical (unpaired) electrons. The Hall–Kier alpha value is -0.185. The molecule has 0 spiro atoms. The van der Waals surface area contributed by atoms with Crippen molar-refractivity contribution in [1.29, 1.82) is 0 Å². The van der Waals surface area contributed by atoms with Crippen LogP contribution in [0.3, 0.4) is 0 Å². The quantitative estimate of drug-likeness (QED) is 0.437. The Morgan fingerprint density at radius 1 is 1.43 bits per heavy atom. The second-order valence-corrected chi connectivity index (χ2v) is 0.879. The minimum atomic E-state index is -4.45. The van der Waals surface area contributed by atoms with Crippen molar-refractivity contribution in [3.63, 3.8) is 0 Å². The van der Waals surface area contributed by atoms with E-state index < -0.39 is 6.36 Å². The lowest BCUT2D eigenvalue weighted by Crippen LogP contribution is -2.13. The summed E-state index contributed by atoms with van der Waals surface area (Å²) in [5.74, 6) is 0. The van der Waals surface area contributed by atoms with Crippen LogP contribution < -0.4 is 0 Å². The smallest absolute Gasteiger partial charge is 0.301 e. The fourth-order valence-corrected chi connectivity index (χ4v) is 0.164. The van der Waals surface area contributed by atoms with E-state index in [-0.39, 0.29) is 6.51 Å². The third kappa shape index (κ3) is 5.81. The van der Waals surface area contributed by atoms with Crippen LogP contribution in [0.1, 0.15) is 0 Å². The number of hydrogen-bond donors (Lipinski definition) is 0. The largest absolute Gasteiger partial charge is 0.521 e. The summed E-state index contributed by atoms with van der Waals surface area (Å²) in [7, 11) is 1.29. The van der Waals surface area contributed by atoms with Crippen molar-refractivity contribution in [2.24, 2.45) is 0 Å². The van der Waals surface area contributed by atoms with Gasteiger partial charge in [0.2, 0.25) is 0 Å². The Morgan fingerprint density at radius 3 is 1.86 bits per heavy atom. The molecule has 0 fully saturated rings. The van der Waals surface area contributed by atoms with E-state index in [4.69, 9.17) is 0 Å². The van der Waals surface area contributed by atoms with E-state index in [0.29, 0.717) is 0 Å². The molecule has 0 aromatic rings. The van der Waals surface area contributed by atoms with E-state index in [1.807, 2.05) is 0 Å². The molecule has 0 rings (SSSR count). The molecule has 5 heteroatoms. The van der Waals surface area contributed by atoms with Gasteiger partial charge in [0, 0.05) is 6.51 Å². The van der Waals surface area contributed by atoms with Crippen LogP contribution in [0.4, 0.5) is 13.2 Å². The molecule has 0 atom stereocenters. The van der Waals surface area contributed by atoms with Crippen molar-refractivity contribution in [1.82, 2.24) is 0 Å². The number of alkyl halides is 3. The van der Waals surface area contributed by atoms with Gasteiger partial charge in [-0.2, -0.15) is 0 Å². The molecule has 0 N–H and O–H groups in total. The van der Waals surface area contributed by atoms with Crippen LogP contribution in [0.25, 0.3) is 0 Å². The topological polar surface area (TPSA) is 9.23 Å². The average molecular weight is 112 g/mol. The van der Waals surface area contributed by atoms with Gasteiger partial charge in [0.25, 0.3) is 0 Å². The molecule has 0 aliphatic carbocycles. The van der Waals surface area contributed by atoms with Gasteiger partial charge in [-0.05, 0) is 0 Å². The van der Waals surface area contributed by atoms with Gasteiger partial charge in [-0.25, -0.2) is 0 Å². The van der Waals surface area contributed by atoms with Crippen molar-refractivity contribution in [3.8, 4) is 0 Å². The first kappa shape index (κ1) is 6.81. The number of halogens is 3. The van der Waals surface area contributed by atoms with Gasteiger partial charge in [0.05, 0.1) is 0 Å². The van der Waals surface area contributed by atoms with E-state index in [0.717, 1.165) is 0 Å². The number of rotatable bonds is 1.